The minimum atomic E-state index is -0.797. The van der Waals surface area contributed by atoms with Crippen molar-refractivity contribution in [3.8, 4) is 0 Å². The van der Waals surface area contributed by atoms with Gasteiger partial charge in [-0.25, -0.2) is 0 Å². The van der Waals surface area contributed by atoms with Crippen LogP contribution in [0.3, 0.4) is 0 Å². The number of carbonyl (C=O) groups excluding carboxylic acids is 3. The van der Waals surface area contributed by atoms with Crippen molar-refractivity contribution in [1.29, 1.82) is 0 Å². The fraction of sp³-hybridized carbons (Fsp3) is 0.0625. The Labute approximate surface area is 166 Å². The molecule has 0 saturated carbocycles. The van der Waals surface area contributed by atoms with Crippen molar-refractivity contribution in [2.24, 2.45) is 0 Å². The van der Waals surface area contributed by atoms with E-state index >= 15 is 0 Å². The van der Waals surface area contributed by atoms with Crippen molar-refractivity contribution in [2.45, 2.75) is 0 Å². The van der Waals surface area contributed by atoms with E-state index in [2.05, 4.69) is 5.32 Å². The Hall–Kier alpha value is -2.68. The van der Waals surface area contributed by atoms with E-state index < -0.39 is 29.2 Å². The number of benzene rings is 2. The highest BCUT2D eigenvalue weighted by molar-refractivity contribution is 6.44. The van der Waals surface area contributed by atoms with Gasteiger partial charge in [-0.3, -0.25) is 29.4 Å². The number of rotatable bonds is 4. The molecule has 0 fully saturated rings. The van der Waals surface area contributed by atoms with Gasteiger partial charge in [-0.1, -0.05) is 34.8 Å². The molecule has 0 bridgehead atoms. The first-order valence-corrected chi connectivity index (χ1v) is 8.41. The molecule has 2 aromatic rings. The third-order valence-corrected chi connectivity index (χ3v) is 4.79. The molecule has 138 valence electrons. The maximum Gasteiger partial charge on any atom is 0.270 e. The number of nitrogens with zero attached hydrogens (tertiary/aromatic N) is 2. The van der Waals surface area contributed by atoms with Crippen LogP contribution >= 0.6 is 34.8 Å². The molecule has 2 aromatic carbocycles. The van der Waals surface area contributed by atoms with E-state index in [0.29, 0.717) is 4.90 Å². The molecule has 3 rings (SSSR count). The maximum absolute atomic E-state index is 12.4. The summed E-state index contributed by atoms with van der Waals surface area (Å²) < 4.78 is 0. The predicted molar refractivity (Wildman–Crippen MR) is 98.6 cm³/mol. The topological polar surface area (TPSA) is 110 Å². The van der Waals surface area contributed by atoms with Crippen LogP contribution in [0.2, 0.25) is 15.1 Å². The molecule has 0 atom stereocenters. The van der Waals surface area contributed by atoms with Crippen LogP contribution in [0.1, 0.15) is 20.7 Å². The normalized spacial score (nSPS) is 12.9. The lowest BCUT2D eigenvalue weighted by Crippen LogP contribution is -2.37. The van der Waals surface area contributed by atoms with Gasteiger partial charge in [0.2, 0.25) is 5.91 Å². The molecular formula is C16H8Cl3N3O5. The molecule has 0 spiro atoms. The highest BCUT2D eigenvalue weighted by Gasteiger charge is 2.37. The van der Waals surface area contributed by atoms with Gasteiger partial charge in [-0.05, 0) is 18.2 Å². The van der Waals surface area contributed by atoms with Gasteiger partial charge >= 0.3 is 0 Å². The molecule has 1 heterocycles. The van der Waals surface area contributed by atoms with Crippen LogP contribution in [-0.4, -0.2) is 34.1 Å². The summed E-state index contributed by atoms with van der Waals surface area (Å²) in [5.41, 5.74) is -0.312. The number of hydrogen-bond acceptors (Lipinski definition) is 5. The zero-order valence-corrected chi connectivity index (χ0v) is 15.4. The zero-order valence-electron chi connectivity index (χ0n) is 13.2. The number of non-ortho nitro benzene ring substituents is 1. The van der Waals surface area contributed by atoms with Crippen LogP contribution in [0.4, 0.5) is 11.4 Å². The van der Waals surface area contributed by atoms with Crippen molar-refractivity contribution in [2.75, 3.05) is 11.9 Å². The van der Waals surface area contributed by atoms with Gasteiger partial charge in [0.25, 0.3) is 17.5 Å². The lowest BCUT2D eigenvalue weighted by Gasteiger charge is -2.14. The molecule has 0 radical (unpaired) electrons. The largest absolute Gasteiger partial charge is 0.323 e. The number of nitro groups is 1. The number of hydrogen-bond donors (Lipinski definition) is 1. The second-order valence-electron chi connectivity index (χ2n) is 5.48. The van der Waals surface area contributed by atoms with Crippen molar-refractivity contribution < 1.29 is 19.3 Å². The average Bonchev–Trinajstić information content (AvgIpc) is 2.84. The second-order valence-corrected chi connectivity index (χ2v) is 6.70. The van der Waals surface area contributed by atoms with E-state index in [1.165, 1.54) is 18.2 Å². The molecule has 0 aromatic heterocycles. The number of fused-ring (bicyclic) bond motifs is 1. The van der Waals surface area contributed by atoms with Crippen LogP contribution in [0, 0.1) is 10.1 Å². The minimum Gasteiger partial charge on any atom is -0.323 e. The zero-order chi connectivity index (χ0) is 19.9. The van der Waals surface area contributed by atoms with Crippen LogP contribution < -0.4 is 5.32 Å². The van der Waals surface area contributed by atoms with Gasteiger partial charge in [-0.15, -0.1) is 0 Å². The minimum absolute atomic E-state index is 0.00836. The number of nitrogens with one attached hydrogen (secondary N) is 1. The fourth-order valence-electron chi connectivity index (χ4n) is 2.49. The number of carbonyl (C=O) groups is 3. The molecule has 11 heteroatoms. The molecule has 0 unspecified atom stereocenters. The number of nitro benzene ring substituents is 1. The summed E-state index contributed by atoms with van der Waals surface area (Å²) in [6.45, 7) is -0.600. The summed E-state index contributed by atoms with van der Waals surface area (Å²) in [5.74, 6) is -2.23. The van der Waals surface area contributed by atoms with E-state index in [-0.39, 0.29) is 37.6 Å². The van der Waals surface area contributed by atoms with Gasteiger partial charge in [0, 0.05) is 12.1 Å². The average molecular weight is 429 g/mol. The van der Waals surface area contributed by atoms with Crippen molar-refractivity contribution in [1.82, 2.24) is 4.90 Å². The summed E-state index contributed by atoms with van der Waals surface area (Å²) in [4.78, 5) is 47.8. The maximum atomic E-state index is 12.4. The predicted octanol–water partition coefficient (Wildman–Crippen LogP) is 3.79. The van der Waals surface area contributed by atoms with Crippen LogP contribution in [0.25, 0.3) is 0 Å². The Morgan fingerprint density at radius 2 is 1.63 bits per heavy atom. The van der Waals surface area contributed by atoms with Gasteiger partial charge < -0.3 is 5.32 Å². The SMILES string of the molecule is O=C(CN1C(=O)c2ccc([N+](=O)[O-])cc2C1=O)Nc1cc(Cl)c(Cl)cc1Cl. The molecule has 27 heavy (non-hydrogen) atoms. The molecule has 0 aliphatic carbocycles. The first kappa shape index (κ1) is 19.1. The van der Waals surface area contributed by atoms with Gasteiger partial charge in [0.1, 0.15) is 6.54 Å². The smallest absolute Gasteiger partial charge is 0.270 e. The first-order valence-electron chi connectivity index (χ1n) is 7.28. The van der Waals surface area contributed by atoms with Crippen LogP contribution in [-0.2, 0) is 4.79 Å². The first-order chi connectivity index (χ1) is 12.7. The van der Waals surface area contributed by atoms with E-state index in [1.54, 1.807) is 0 Å². The molecular weight excluding hydrogens is 421 g/mol. The number of halogens is 3. The Morgan fingerprint density at radius 3 is 2.30 bits per heavy atom. The second kappa shape index (κ2) is 7.15. The summed E-state index contributed by atoms with van der Waals surface area (Å²) >= 11 is 17.7. The van der Waals surface area contributed by atoms with Gasteiger partial charge in [0.15, 0.2) is 0 Å². The monoisotopic (exact) mass is 427 g/mol. The van der Waals surface area contributed by atoms with Crippen molar-refractivity contribution >= 4 is 63.9 Å². The Balaban J connectivity index is 1.79. The quantitative estimate of drug-likeness (QED) is 0.345. The third-order valence-electron chi connectivity index (χ3n) is 3.75. The number of amides is 3. The molecule has 0 saturated heterocycles. The number of imide groups is 1. The Morgan fingerprint density at radius 1 is 1.00 bits per heavy atom. The lowest BCUT2D eigenvalue weighted by molar-refractivity contribution is -0.384. The van der Waals surface area contributed by atoms with Crippen LogP contribution in [0.5, 0.6) is 0 Å². The van der Waals surface area contributed by atoms with E-state index in [9.17, 15) is 24.5 Å². The fourth-order valence-corrected chi connectivity index (χ4v) is 3.08. The Bertz CT molecular complexity index is 1020. The molecule has 1 aliphatic rings. The molecule has 1 aliphatic heterocycles. The van der Waals surface area contributed by atoms with Gasteiger partial charge in [-0.2, -0.15) is 0 Å². The van der Waals surface area contributed by atoms with E-state index in [1.807, 2.05) is 0 Å². The number of anilines is 1. The standard InChI is InChI=1S/C16H8Cl3N3O5/c17-10-4-12(19)13(5-11(10)18)20-14(23)6-21-15(24)8-2-1-7(22(26)27)3-9(8)16(21)25/h1-5H,6H2,(H,20,23). The summed E-state index contributed by atoms with van der Waals surface area (Å²) in [6.07, 6.45) is 0. The highest BCUT2D eigenvalue weighted by Crippen LogP contribution is 2.32. The van der Waals surface area contributed by atoms with Crippen LogP contribution in [0.15, 0.2) is 30.3 Å². The summed E-state index contributed by atoms with van der Waals surface area (Å²) in [7, 11) is 0. The molecule has 1 N–H and O–H groups in total. The molecule has 8 nitrogen and oxygen atoms in total. The highest BCUT2D eigenvalue weighted by atomic mass is 35.5. The van der Waals surface area contributed by atoms with E-state index in [4.69, 9.17) is 34.8 Å². The summed E-state index contributed by atoms with van der Waals surface area (Å²) in [5, 5.41) is 13.7. The van der Waals surface area contributed by atoms with Crippen molar-refractivity contribution in [3.63, 3.8) is 0 Å². The molecule has 3 amide bonds. The Kier molecular flexibility index (Phi) is 5.05. The lowest BCUT2D eigenvalue weighted by atomic mass is 10.1. The van der Waals surface area contributed by atoms with Gasteiger partial charge in [0.05, 0.1) is 36.8 Å². The van der Waals surface area contributed by atoms with E-state index in [0.717, 1.165) is 12.1 Å². The third kappa shape index (κ3) is 3.59. The van der Waals surface area contributed by atoms with Crippen molar-refractivity contribution in [3.05, 3.63) is 66.6 Å². The summed E-state index contributed by atoms with van der Waals surface area (Å²) in [6, 6.07) is 5.96.